The first-order chi connectivity index (χ1) is 5.75. The van der Waals surface area contributed by atoms with Gasteiger partial charge in [-0.1, -0.05) is 0 Å². The van der Waals surface area contributed by atoms with E-state index in [2.05, 4.69) is 15.0 Å². The third-order valence-electron chi connectivity index (χ3n) is 1.60. The summed E-state index contributed by atoms with van der Waals surface area (Å²) in [7, 11) is 0. The van der Waals surface area contributed by atoms with Crippen LogP contribution in [0.25, 0.3) is 0 Å². The molecule has 1 fully saturated rings. The van der Waals surface area contributed by atoms with Crippen LogP contribution in [-0.2, 0) is 4.74 Å². The van der Waals surface area contributed by atoms with Crippen LogP contribution in [0.1, 0.15) is 11.7 Å². The Balaban J connectivity index is 2.30. The lowest BCUT2D eigenvalue weighted by molar-refractivity contribution is 0.00477. The SMILES string of the molecule is Clc1nc(Cl)nc(C2COC2)n1. The number of halogens is 2. The molecule has 1 saturated heterocycles. The van der Waals surface area contributed by atoms with Gasteiger partial charge < -0.3 is 4.74 Å². The molecule has 0 atom stereocenters. The highest BCUT2D eigenvalue weighted by Crippen LogP contribution is 2.21. The van der Waals surface area contributed by atoms with E-state index in [4.69, 9.17) is 27.9 Å². The Bertz CT molecular complexity index is 283. The summed E-state index contributed by atoms with van der Waals surface area (Å²) in [5.41, 5.74) is 0. The molecule has 4 nitrogen and oxygen atoms in total. The van der Waals surface area contributed by atoms with Gasteiger partial charge in [0.25, 0.3) is 0 Å². The summed E-state index contributed by atoms with van der Waals surface area (Å²) in [4.78, 5) is 11.5. The van der Waals surface area contributed by atoms with E-state index < -0.39 is 0 Å². The van der Waals surface area contributed by atoms with Crippen molar-refractivity contribution in [2.45, 2.75) is 5.92 Å². The van der Waals surface area contributed by atoms with Crippen LogP contribution in [0.2, 0.25) is 10.6 Å². The first-order valence-electron chi connectivity index (χ1n) is 3.40. The maximum atomic E-state index is 5.59. The quantitative estimate of drug-likeness (QED) is 0.694. The van der Waals surface area contributed by atoms with E-state index in [1.807, 2.05) is 0 Å². The largest absolute Gasteiger partial charge is 0.380 e. The van der Waals surface area contributed by atoms with Crippen LogP contribution in [0, 0.1) is 0 Å². The van der Waals surface area contributed by atoms with Crippen molar-refractivity contribution in [3.63, 3.8) is 0 Å². The van der Waals surface area contributed by atoms with Crippen LogP contribution >= 0.6 is 23.2 Å². The van der Waals surface area contributed by atoms with Crippen molar-refractivity contribution >= 4 is 23.2 Å². The Morgan fingerprint density at radius 1 is 1.08 bits per heavy atom. The molecule has 0 spiro atoms. The zero-order valence-corrected chi connectivity index (χ0v) is 7.51. The van der Waals surface area contributed by atoms with E-state index in [1.165, 1.54) is 0 Å². The van der Waals surface area contributed by atoms with Crippen LogP contribution in [0.4, 0.5) is 0 Å². The molecule has 0 unspecified atom stereocenters. The lowest BCUT2D eigenvalue weighted by atomic mass is 10.1. The van der Waals surface area contributed by atoms with E-state index in [-0.39, 0.29) is 16.5 Å². The van der Waals surface area contributed by atoms with Crippen LogP contribution in [-0.4, -0.2) is 28.2 Å². The highest BCUT2D eigenvalue weighted by molar-refractivity contribution is 6.31. The zero-order valence-electron chi connectivity index (χ0n) is 6.00. The van der Waals surface area contributed by atoms with E-state index in [9.17, 15) is 0 Å². The summed E-state index contributed by atoms with van der Waals surface area (Å²) in [5, 5.41) is 0.272. The van der Waals surface area contributed by atoms with Crippen molar-refractivity contribution in [2.75, 3.05) is 13.2 Å². The molecule has 1 aliphatic heterocycles. The predicted molar refractivity (Wildman–Crippen MR) is 43.4 cm³/mol. The smallest absolute Gasteiger partial charge is 0.226 e. The maximum Gasteiger partial charge on any atom is 0.226 e. The minimum absolute atomic E-state index is 0.136. The van der Waals surface area contributed by atoms with Crippen molar-refractivity contribution in [2.24, 2.45) is 0 Å². The second-order valence-electron chi connectivity index (χ2n) is 2.47. The van der Waals surface area contributed by atoms with Gasteiger partial charge >= 0.3 is 0 Å². The molecule has 0 bridgehead atoms. The summed E-state index contributed by atoms with van der Waals surface area (Å²) < 4.78 is 4.98. The summed E-state index contributed by atoms with van der Waals surface area (Å²) in [5.74, 6) is 0.842. The van der Waals surface area contributed by atoms with Crippen LogP contribution < -0.4 is 0 Å². The molecule has 0 aliphatic carbocycles. The first-order valence-corrected chi connectivity index (χ1v) is 4.16. The molecule has 6 heteroatoms. The van der Waals surface area contributed by atoms with Gasteiger partial charge in [0.2, 0.25) is 10.6 Å². The number of nitrogens with zero attached hydrogens (tertiary/aromatic N) is 3. The predicted octanol–water partition coefficient (Wildman–Crippen LogP) is 1.29. The third kappa shape index (κ3) is 1.50. The van der Waals surface area contributed by atoms with Crippen molar-refractivity contribution in [1.29, 1.82) is 0 Å². The van der Waals surface area contributed by atoms with Crippen molar-refractivity contribution < 1.29 is 4.74 Å². The Kier molecular flexibility index (Phi) is 2.12. The fraction of sp³-hybridized carbons (Fsp3) is 0.500. The number of hydrogen-bond donors (Lipinski definition) is 0. The number of hydrogen-bond acceptors (Lipinski definition) is 4. The number of rotatable bonds is 1. The second-order valence-corrected chi connectivity index (χ2v) is 3.14. The molecule has 2 heterocycles. The average molecular weight is 206 g/mol. The van der Waals surface area contributed by atoms with Gasteiger partial charge in [-0.05, 0) is 23.2 Å². The Morgan fingerprint density at radius 2 is 1.67 bits per heavy atom. The molecular formula is C6H5Cl2N3O. The molecule has 2 rings (SSSR count). The van der Waals surface area contributed by atoms with Crippen LogP contribution in [0.3, 0.4) is 0 Å². The van der Waals surface area contributed by atoms with Gasteiger partial charge in [0, 0.05) is 0 Å². The molecule has 0 N–H and O–H groups in total. The van der Waals surface area contributed by atoms with E-state index in [1.54, 1.807) is 0 Å². The fourth-order valence-electron chi connectivity index (χ4n) is 0.908. The van der Waals surface area contributed by atoms with Gasteiger partial charge in [-0.2, -0.15) is 4.98 Å². The summed E-state index contributed by atoms with van der Waals surface area (Å²) in [6.45, 7) is 1.27. The van der Waals surface area contributed by atoms with Crippen LogP contribution in [0.15, 0.2) is 0 Å². The Hall–Kier alpha value is -0.450. The third-order valence-corrected chi connectivity index (χ3v) is 1.94. The first kappa shape index (κ1) is 8.16. The second kappa shape index (κ2) is 3.12. The molecule has 12 heavy (non-hydrogen) atoms. The maximum absolute atomic E-state index is 5.59. The van der Waals surface area contributed by atoms with Gasteiger partial charge in [0.1, 0.15) is 5.82 Å². The minimum atomic E-state index is 0.136. The van der Waals surface area contributed by atoms with Gasteiger partial charge in [-0.15, -0.1) is 0 Å². The molecule has 1 aromatic heterocycles. The molecule has 0 saturated carbocycles. The minimum Gasteiger partial charge on any atom is -0.380 e. The van der Waals surface area contributed by atoms with Gasteiger partial charge in [0.05, 0.1) is 19.1 Å². The lowest BCUT2D eigenvalue weighted by Gasteiger charge is -2.24. The van der Waals surface area contributed by atoms with Gasteiger partial charge in [-0.3, -0.25) is 0 Å². The van der Waals surface area contributed by atoms with E-state index in [0.29, 0.717) is 19.0 Å². The van der Waals surface area contributed by atoms with Crippen LogP contribution in [0.5, 0.6) is 0 Å². The van der Waals surface area contributed by atoms with Gasteiger partial charge in [-0.25, -0.2) is 9.97 Å². The molecule has 1 aromatic rings. The Morgan fingerprint density at radius 3 is 2.08 bits per heavy atom. The monoisotopic (exact) mass is 205 g/mol. The fourth-order valence-corrected chi connectivity index (χ4v) is 1.28. The molecule has 64 valence electrons. The molecular weight excluding hydrogens is 201 g/mol. The number of aromatic nitrogens is 3. The average Bonchev–Trinajstić information content (AvgIpc) is 1.79. The van der Waals surface area contributed by atoms with Gasteiger partial charge in [0.15, 0.2) is 0 Å². The highest BCUT2D eigenvalue weighted by atomic mass is 35.5. The summed E-state index contributed by atoms with van der Waals surface area (Å²) in [6, 6.07) is 0. The molecule has 0 aromatic carbocycles. The molecule has 0 radical (unpaired) electrons. The standard InChI is InChI=1S/C6H5Cl2N3O/c7-5-9-4(3-1-12-2-3)10-6(8)11-5/h3H,1-2H2. The van der Waals surface area contributed by atoms with Crippen molar-refractivity contribution in [3.05, 3.63) is 16.4 Å². The topological polar surface area (TPSA) is 47.9 Å². The zero-order chi connectivity index (χ0) is 8.55. The van der Waals surface area contributed by atoms with E-state index >= 15 is 0 Å². The van der Waals surface area contributed by atoms with E-state index in [0.717, 1.165) is 0 Å². The van der Waals surface area contributed by atoms with Crippen molar-refractivity contribution in [3.8, 4) is 0 Å². The lowest BCUT2D eigenvalue weighted by Crippen LogP contribution is -2.27. The highest BCUT2D eigenvalue weighted by Gasteiger charge is 2.24. The molecule has 1 aliphatic rings. The summed E-state index contributed by atoms with van der Waals surface area (Å²) >= 11 is 11.2. The molecule has 0 amide bonds. The Labute approximate surface area is 78.9 Å². The van der Waals surface area contributed by atoms with Crippen molar-refractivity contribution in [1.82, 2.24) is 15.0 Å². The summed E-state index contributed by atoms with van der Waals surface area (Å²) in [6.07, 6.45) is 0. The normalized spacial score (nSPS) is 17.5. The number of ether oxygens (including phenoxy) is 1.